The average molecular weight is 390 g/mol. The lowest BCUT2D eigenvalue weighted by Crippen LogP contribution is -2.07. The van der Waals surface area contributed by atoms with Crippen LogP contribution in [0.3, 0.4) is 0 Å². The minimum absolute atomic E-state index is 0.757. The van der Waals surface area contributed by atoms with Crippen molar-refractivity contribution in [2.45, 2.75) is 25.7 Å². The van der Waals surface area contributed by atoms with Crippen LogP contribution >= 0.6 is 0 Å². The Hall–Kier alpha value is -3.32. The summed E-state index contributed by atoms with van der Waals surface area (Å²) in [6.45, 7) is 0.757. The number of ether oxygens (including phenoxy) is 1. The van der Waals surface area contributed by atoms with E-state index in [1.54, 1.807) is 0 Å². The quantitative estimate of drug-likeness (QED) is 0.382. The van der Waals surface area contributed by atoms with Crippen molar-refractivity contribution in [3.05, 3.63) is 136 Å². The average Bonchev–Trinajstić information content (AvgIpc) is 3.26. The standard InChI is InChI=1S/C29H25O/c1-4-10-22(11-5-1)18-25-21-29-26(16-17-30-29)28(20-24-14-8-3-9-15-24)27(25)19-23-12-6-2-7-13-23/h1-15H,16-20H2. The molecule has 0 atom stereocenters. The van der Waals surface area contributed by atoms with Crippen molar-refractivity contribution < 1.29 is 4.74 Å². The molecular formula is C29H25O. The van der Waals surface area contributed by atoms with Crippen molar-refractivity contribution in [1.82, 2.24) is 0 Å². The molecule has 0 saturated heterocycles. The van der Waals surface area contributed by atoms with Gasteiger partial charge < -0.3 is 4.74 Å². The highest BCUT2D eigenvalue weighted by atomic mass is 16.5. The highest BCUT2D eigenvalue weighted by Crippen LogP contribution is 2.36. The maximum absolute atomic E-state index is 6.00. The largest absolute Gasteiger partial charge is 0.492 e. The van der Waals surface area contributed by atoms with E-state index in [-0.39, 0.29) is 0 Å². The summed E-state index contributed by atoms with van der Waals surface area (Å²) in [5.74, 6) is 0.962. The van der Waals surface area contributed by atoms with Gasteiger partial charge in [0.15, 0.2) is 0 Å². The molecule has 0 amide bonds. The monoisotopic (exact) mass is 389 g/mol. The third-order valence-electron chi connectivity index (χ3n) is 5.90. The summed E-state index contributed by atoms with van der Waals surface area (Å²) in [5, 5.41) is 0. The summed E-state index contributed by atoms with van der Waals surface area (Å²) in [6.07, 6.45) is 3.71. The molecule has 0 fully saturated rings. The fourth-order valence-corrected chi connectivity index (χ4v) is 4.41. The number of rotatable bonds is 6. The highest BCUT2D eigenvalue weighted by molar-refractivity contribution is 5.54. The molecule has 1 aliphatic heterocycles. The molecule has 0 unspecified atom stereocenters. The number of fused-ring (bicyclic) bond motifs is 1. The van der Waals surface area contributed by atoms with Crippen LogP contribution in [0.4, 0.5) is 0 Å². The summed E-state index contributed by atoms with van der Waals surface area (Å²) >= 11 is 0. The molecule has 0 aliphatic carbocycles. The fraction of sp³-hybridized carbons (Fsp3) is 0.172. The SMILES string of the molecule is [c]1c(Cc2ccccc2)c(Cc2ccccc2)c(Cc2ccccc2)c2c1OCC2. The Morgan fingerprint density at radius 3 is 1.67 bits per heavy atom. The summed E-state index contributed by atoms with van der Waals surface area (Å²) in [6, 6.07) is 35.9. The van der Waals surface area contributed by atoms with E-state index in [0.717, 1.165) is 38.0 Å². The van der Waals surface area contributed by atoms with Gasteiger partial charge in [0.05, 0.1) is 6.61 Å². The van der Waals surface area contributed by atoms with Crippen LogP contribution in [0.5, 0.6) is 5.75 Å². The first-order valence-electron chi connectivity index (χ1n) is 10.7. The Labute approximate surface area is 179 Å². The summed E-state index contributed by atoms with van der Waals surface area (Å²) in [5.41, 5.74) is 9.46. The van der Waals surface area contributed by atoms with Gasteiger partial charge in [0.1, 0.15) is 5.75 Å². The second-order valence-corrected chi connectivity index (χ2v) is 7.95. The van der Waals surface area contributed by atoms with Crippen molar-refractivity contribution in [2.75, 3.05) is 6.61 Å². The highest BCUT2D eigenvalue weighted by Gasteiger charge is 2.23. The van der Waals surface area contributed by atoms with Gasteiger partial charge in [0.2, 0.25) is 0 Å². The van der Waals surface area contributed by atoms with E-state index in [1.807, 2.05) is 0 Å². The fourth-order valence-electron chi connectivity index (χ4n) is 4.41. The van der Waals surface area contributed by atoms with Gasteiger partial charge in [0, 0.05) is 18.1 Å². The van der Waals surface area contributed by atoms with Crippen LogP contribution in [0.1, 0.15) is 38.9 Å². The zero-order valence-electron chi connectivity index (χ0n) is 17.1. The molecule has 0 saturated carbocycles. The van der Waals surface area contributed by atoms with Gasteiger partial charge in [-0.3, -0.25) is 0 Å². The van der Waals surface area contributed by atoms with E-state index in [2.05, 4.69) is 97.1 Å². The Bertz CT molecular complexity index is 1120. The summed E-state index contributed by atoms with van der Waals surface area (Å²) < 4.78 is 6.00. The molecule has 147 valence electrons. The second-order valence-electron chi connectivity index (χ2n) is 7.95. The Morgan fingerprint density at radius 2 is 1.10 bits per heavy atom. The summed E-state index contributed by atoms with van der Waals surface area (Å²) in [7, 11) is 0. The van der Waals surface area contributed by atoms with Crippen molar-refractivity contribution in [3.63, 3.8) is 0 Å². The topological polar surface area (TPSA) is 9.23 Å². The zero-order valence-corrected chi connectivity index (χ0v) is 17.1. The molecule has 1 radical (unpaired) electrons. The van der Waals surface area contributed by atoms with Gasteiger partial charge in [-0.15, -0.1) is 0 Å². The van der Waals surface area contributed by atoms with Gasteiger partial charge in [0.25, 0.3) is 0 Å². The van der Waals surface area contributed by atoms with Crippen LogP contribution in [0.15, 0.2) is 91.0 Å². The van der Waals surface area contributed by atoms with Crippen LogP contribution in [-0.2, 0) is 25.7 Å². The molecule has 0 spiro atoms. The van der Waals surface area contributed by atoms with Crippen molar-refractivity contribution >= 4 is 0 Å². The second kappa shape index (κ2) is 8.59. The number of hydrogen-bond acceptors (Lipinski definition) is 1. The lowest BCUT2D eigenvalue weighted by atomic mass is 9.85. The van der Waals surface area contributed by atoms with Crippen LogP contribution in [0, 0.1) is 6.07 Å². The van der Waals surface area contributed by atoms with Gasteiger partial charge in [-0.1, -0.05) is 91.0 Å². The predicted octanol–water partition coefficient (Wildman–Crippen LogP) is 6.19. The van der Waals surface area contributed by atoms with E-state index in [0.29, 0.717) is 0 Å². The minimum atomic E-state index is 0.757. The Balaban J connectivity index is 1.64. The molecule has 1 aliphatic rings. The first-order valence-corrected chi connectivity index (χ1v) is 10.7. The third-order valence-corrected chi connectivity index (χ3v) is 5.90. The van der Waals surface area contributed by atoms with E-state index < -0.39 is 0 Å². The van der Waals surface area contributed by atoms with Crippen LogP contribution in [0.2, 0.25) is 0 Å². The smallest absolute Gasteiger partial charge is 0.131 e. The molecule has 0 N–H and O–H groups in total. The predicted molar refractivity (Wildman–Crippen MR) is 122 cm³/mol. The van der Waals surface area contributed by atoms with Crippen LogP contribution in [-0.4, -0.2) is 6.61 Å². The van der Waals surface area contributed by atoms with Gasteiger partial charge in [-0.25, -0.2) is 0 Å². The molecular weight excluding hydrogens is 364 g/mol. The lowest BCUT2D eigenvalue weighted by Gasteiger charge is -2.19. The van der Waals surface area contributed by atoms with Crippen LogP contribution < -0.4 is 4.74 Å². The molecule has 30 heavy (non-hydrogen) atoms. The first kappa shape index (κ1) is 18.7. The molecule has 1 heteroatoms. The van der Waals surface area contributed by atoms with Gasteiger partial charge in [-0.05, 0) is 52.6 Å². The summed E-state index contributed by atoms with van der Waals surface area (Å²) in [4.78, 5) is 0. The first-order chi connectivity index (χ1) is 14.9. The molecule has 5 rings (SSSR count). The normalized spacial score (nSPS) is 12.4. The zero-order chi connectivity index (χ0) is 20.2. The van der Waals surface area contributed by atoms with Crippen molar-refractivity contribution in [2.24, 2.45) is 0 Å². The number of hydrogen-bond donors (Lipinski definition) is 0. The molecule has 1 nitrogen and oxygen atoms in total. The van der Waals surface area contributed by atoms with E-state index in [1.165, 1.54) is 38.9 Å². The number of benzene rings is 4. The lowest BCUT2D eigenvalue weighted by molar-refractivity contribution is 0.356. The van der Waals surface area contributed by atoms with Crippen molar-refractivity contribution in [3.8, 4) is 5.75 Å². The van der Waals surface area contributed by atoms with Crippen LogP contribution in [0.25, 0.3) is 0 Å². The van der Waals surface area contributed by atoms with Gasteiger partial charge >= 0.3 is 0 Å². The maximum atomic E-state index is 6.00. The van der Waals surface area contributed by atoms with E-state index in [9.17, 15) is 0 Å². The molecule has 0 bridgehead atoms. The van der Waals surface area contributed by atoms with Gasteiger partial charge in [-0.2, -0.15) is 0 Å². The van der Waals surface area contributed by atoms with E-state index in [4.69, 9.17) is 4.74 Å². The third kappa shape index (κ3) is 4.02. The Kier molecular flexibility index (Phi) is 5.35. The maximum Gasteiger partial charge on any atom is 0.131 e. The molecule has 4 aromatic carbocycles. The molecule has 1 heterocycles. The molecule has 4 aromatic rings. The Morgan fingerprint density at radius 1 is 0.600 bits per heavy atom. The molecule has 0 aromatic heterocycles. The minimum Gasteiger partial charge on any atom is -0.492 e. The van der Waals surface area contributed by atoms with Crippen molar-refractivity contribution in [1.29, 1.82) is 0 Å². The van der Waals surface area contributed by atoms with E-state index >= 15 is 0 Å².